The number of aromatic nitrogens is 4. The van der Waals surface area contributed by atoms with E-state index in [9.17, 15) is 0 Å². The van der Waals surface area contributed by atoms with E-state index < -0.39 is 0 Å². The van der Waals surface area contributed by atoms with Gasteiger partial charge in [-0.15, -0.1) is 0 Å². The van der Waals surface area contributed by atoms with Gasteiger partial charge in [0.25, 0.3) is 0 Å². The first kappa shape index (κ1) is 11.7. The van der Waals surface area contributed by atoms with Crippen LogP contribution < -0.4 is 5.32 Å². The van der Waals surface area contributed by atoms with Gasteiger partial charge in [0, 0.05) is 30.5 Å². The summed E-state index contributed by atoms with van der Waals surface area (Å²) in [4.78, 5) is 8.59. The van der Waals surface area contributed by atoms with Crippen LogP contribution in [0.4, 0.5) is 0 Å². The van der Waals surface area contributed by atoms with Gasteiger partial charge in [0.1, 0.15) is 5.69 Å². The molecule has 0 aliphatic carbocycles. The lowest BCUT2D eigenvalue weighted by Crippen LogP contribution is -2.21. The number of aryl methyl sites for hydroxylation is 1. The first-order chi connectivity index (χ1) is 8.18. The molecule has 0 fully saturated rings. The predicted octanol–water partition coefficient (Wildman–Crippen LogP) is 1.67. The molecular formula is C12H17N5. The molecule has 90 valence electrons. The van der Waals surface area contributed by atoms with Crippen LogP contribution in [0.2, 0.25) is 0 Å². The Balaban J connectivity index is 2.28. The van der Waals surface area contributed by atoms with Crippen molar-refractivity contribution in [3.8, 4) is 11.4 Å². The largest absolute Gasteiger partial charge is 0.310 e. The van der Waals surface area contributed by atoms with Gasteiger partial charge >= 0.3 is 0 Å². The Kier molecular flexibility index (Phi) is 3.49. The molecule has 2 aromatic rings. The summed E-state index contributed by atoms with van der Waals surface area (Å²) in [5, 5.41) is 10.4. The summed E-state index contributed by atoms with van der Waals surface area (Å²) in [6.07, 6.45) is 5.23. The highest BCUT2D eigenvalue weighted by molar-refractivity contribution is 5.60. The average molecular weight is 231 g/mol. The monoisotopic (exact) mass is 231 g/mol. The number of hydrogen-bond donors (Lipinski definition) is 2. The lowest BCUT2D eigenvalue weighted by atomic mass is 10.1. The first-order valence-electron chi connectivity index (χ1n) is 5.72. The fourth-order valence-corrected chi connectivity index (χ4v) is 1.62. The molecular weight excluding hydrogens is 214 g/mol. The summed E-state index contributed by atoms with van der Waals surface area (Å²) < 4.78 is 0. The van der Waals surface area contributed by atoms with Crippen molar-refractivity contribution >= 4 is 0 Å². The molecule has 2 heterocycles. The highest BCUT2D eigenvalue weighted by Crippen LogP contribution is 2.20. The summed E-state index contributed by atoms with van der Waals surface area (Å²) in [6.45, 7) is 6.96. The molecule has 2 N–H and O–H groups in total. The topological polar surface area (TPSA) is 66.5 Å². The van der Waals surface area contributed by atoms with E-state index in [4.69, 9.17) is 0 Å². The second-order valence-corrected chi connectivity index (χ2v) is 4.30. The Morgan fingerprint density at radius 1 is 1.29 bits per heavy atom. The van der Waals surface area contributed by atoms with Crippen LogP contribution in [0.3, 0.4) is 0 Å². The second-order valence-electron chi connectivity index (χ2n) is 4.30. The van der Waals surface area contributed by atoms with Crippen LogP contribution >= 0.6 is 0 Å². The Bertz CT molecular complexity index is 489. The van der Waals surface area contributed by atoms with Gasteiger partial charge in [-0.05, 0) is 6.92 Å². The molecule has 2 aromatic heterocycles. The van der Waals surface area contributed by atoms with Crippen molar-refractivity contribution in [2.24, 2.45) is 0 Å². The van der Waals surface area contributed by atoms with Gasteiger partial charge < -0.3 is 5.32 Å². The smallest absolute Gasteiger partial charge is 0.110 e. The highest BCUT2D eigenvalue weighted by Gasteiger charge is 2.11. The van der Waals surface area contributed by atoms with Crippen LogP contribution in [0.5, 0.6) is 0 Å². The fourth-order valence-electron chi connectivity index (χ4n) is 1.62. The Hall–Kier alpha value is -1.75. The highest BCUT2D eigenvalue weighted by atomic mass is 15.1. The molecule has 0 amide bonds. The first-order valence-corrected chi connectivity index (χ1v) is 5.72. The number of rotatable bonds is 4. The Morgan fingerprint density at radius 2 is 2.06 bits per heavy atom. The van der Waals surface area contributed by atoms with Crippen molar-refractivity contribution in [2.45, 2.75) is 33.4 Å². The van der Waals surface area contributed by atoms with Crippen molar-refractivity contribution in [2.75, 3.05) is 0 Å². The zero-order valence-corrected chi connectivity index (χ0v) is 10.4. The third-order valence-electron chi connectivity index (χ3n) is 2.54. The number of aromatic amines is 1. The zero-order chi connectivity index (χ0) is 12.3. The fraction of sp³-hybridized carbons (Fsp3) is 0.417. The van der Waals surface area contributed by atoms with Crippen molar-refractivity contribution < 1.29 is 0 Å². The minimum absolute atomic E-state index is 0.445. The van der Waals surface area contributed by atoms with E-state index in [0.717, 1.165) is 29.2 Å². The van der Waals surface area contributed by atoms with Gasteiger partial charge in [-0.2, -0.15) is 5.10 Å². The molecule has 0 radical (unpaired) electrons. The summed E-state index contributed by atoms with van der Waals surface area (Å²) in [7, 11) is 0. The lowest BCUT2D eigenvalue weighted by Gasteiger charge is -2.08. The molecule has 5 heteroatoms. The van der Waals surface area contributed by atoms with Crippen LogP contribution in [-0.4, -0.2) is 26.2 Å². The molecule has 0 atom stereocenters. The maximum Gasteiger partial charge on any atom is 0.110 e. The summed E-state index contributed by atoms with van der Waals surface area (Å²) in [5.41, 5.74) is 3.83. The standard InChI is InChI=1S/C12H17N5/c1-8(2)15-6-10-7-16-17-12(10)11-9(3)13-4-5-14-11/h4-5,7-8,15H,6H2,1-3H3,(H,16,17). The lowest BCUT2D eigenvalue weighted by molar-refractivity contribution is 0.589. The molecule has 17 heavy (non-hydrogen) atoms. The molecule has 0 spiro atoms. The zero-order valence-electron chi connectivity index (χ0n) is 10.4. The number of nitrogens with one attached hydrogen (secondary N) is 2. The summed E-state index contributed by atoms with van der Waals surface area (Å²) in [6, 6.07) is 0.445. The third kappa shape index (κ3) is 2.68. The van der Waals surface area contributed by atoms with Crippen molar-refractivity contribution in [1.29, 1.82) is 0 Å². The minimum atomic E-state index is 0.445. The molecule has 2 rings (SSSR count). The molecule has 5 nitrogen and oxygen atoms in total. The molecule has 0 unspecified atom stereocenters. The van der Waals surface area contributed by atoms with Crippen LogP contribution in [0, 0.1) is 6.92 Å². The normalized spacial score (nSPS) is 11.1. The quantitative estimate of drug-likeness (QED) is 0.840. The van der Waals surface area contributed by atoms with Crippen LogP contribution in [0.25, 0.3) is 11.4 Å². The van der Waals surface area contributed by atoms with E-state index in [1.165, 1.54) is 0 Å². The number of nitrogens with zero attached hydrogens (tertiary/aromatic N) is 3. The van der Waals surface area contributed by atoms with E-state index in [1.807, 2.05) is 13.1 Å². The Morgan fingerprint density at radius 3 is 2.76 bits per heavy atom. The molecule has 0 saturated carbocycles. The number of hydrogen-bond acceptors (Lipinski definition) is 4. The molecule has 0 aliphatic heterocycles. The molecule has 0 aliphatic rings. The third-order valence-corrected chi connectivity index (χ3v) is 2.54. The van der Waals surface area contributed by atoms with E-state index in [-0.39, 0.29) is 0 Å². The van der Waals surface area contributed by atoms with E-state index >= 15 is 0 Å². The maximum atomic E-state index is 4.35. The van der Waals surface area contributed by atoms with Gasteiger partial charge in [-0.1, -0.05) is 13.8 Å². The van der Waals surface area contributed by atoms with E-state index in [0.29, 0.717) is 6.04 Å². The SMILES string of the molecule is Cc1nccnc1-c1[nH]ncc1CNC(C)C. The Labute approximate surface area is 101 Å². The van der Waals surface area contributed by atoms with Gasteiger partial charge in [0.05, 0.1) is 17.6 Å². The molecule has 0 aromatic carbocycles. The van der Waals surface area contributed by atoms with E-state index in [2.05, 4.69) is 39.3 Å². The predicted molar refractivity (Wildman–Crippen MR) is 66.3 cm³/mol. The number of H-pyrrole nitrogens is 1. The second kappa shape index (κ2) is 5.05. The van der Waals surface area contributed by atoms with Crippen molar-refractivity contribution in [3.63, 3.8) is 0 Å². The van der Waals surface area contributed by atoms with Gasteiger partial charge in [0.15, 0.2) is 0 Å². The van der Waals surface area contributed by atoms with Crippen LogP contribution in [0.1, 0.15) is 25.1 Å². The van der Waals surface area contributed by atoms with Crippen molar-refractivity contribution in [1.82, 2.24) is 25.5 Å². The van der Waals surface area contributed by atoms with Gasteiger partial charge in [0.2, 0.25) is 0 Å². The van der Waals surface area contributed by atoms with E-state index in [1.54, 1.807) is 12.4 Å². The van der Waals surface area contributed by atoms with Gasteiger partial charge in [-0.3, -0.25) is 15.1 Å². The summed E-state index contributed by atoms with van der Waals surface area (Å²) in [5.74, 6) is 0. The summed E-state index contributed by atoms with van der Waals surface area (Å²) >= 11 is 0. The van der Waals surface area contributed by atoms with Gasteiger partial charge in [-0.25, -0.2) is 0 Å². The van der Waals surface area contributed by atoms with Crippen LogP contribution in [-0.2, 0) is 6.54 Å². The van der Waals surface area contributed by atoms with Crippen LogP contribution in [0.15, 0.2) is 18.6 Å². The molecule has 0 saturated heterocycles. The average Bonchev–Trinajstić information content (AvgIpc) is 2.75. The van der Waals surface area contributed by atoms with Crippen molar-refractivity contribution in [3.05, 3.63) is 29.8 Å². The maximum absolute atomic E-state index is 4.35. The minimum Gasteiger partial charge on any atom is -0.310 e. The molecule has 0 bridgehead atoms.